The second-order valence-electron chi connectivity index (χ2n) is 5.97. The molecule has 0 radical (unpaired) electrons. The van der Waals surface area contributed by atoms with Gasteiger partial charge < -0.3 is 15.0 Å². The maximum atomic E-state index is 12.9. The van der Waals surface area contributed by atoms with Gasteiger partial charge in [0.1, 0.15) is 0 Å². The molecule has 29 heavy (non-hydrogen) atoms. The summed E-state index contributed by atoms with van der Waals surface area (Å²) in [7, 11) is -4.68. The molecule has 0 aliphatic carbocycles. The van der Waals surface area contributed by atoms with E-state index in [2.05, 4.69) is 5.32 Å². The zero-order valence-electron chi connectivity index (χ0n) is 14.7. The van der Waals surface area contributed by atoms with E-state index in [1.165, 1.54) is 4.90 Å². The third-order valence-electron chi connectivity index (χ3n) is 3.86. The van der Waals surface area contributed by atoms with E-state index < -0.39 is 51.0 Å². The molecular weight excluding hydrogens is 432 g/mol. The first-order chi connectivity index (χ1) is 13.3. The van der Waals surface area contributed by atoms with Crippen molar-refractivity contribution in [1.29, 1.82) is 0 Å². The molecule has 0 atom stereocenters. The summed E-state index contributed by atoms with van der Waals surface area (Å²) in [6.45, 7) is 0.703. The van der Waals surface area contributed by atoms with Crippen LogP contribution < -0.4 is 10.0 Å². The fraction of sp³-hybridized carbons (Fsp3) is 0.533. The summed E-state index contributed by atoms with van der Waals surface area (Å²) in [5.41, 5.74) is -3.48. The minimum Gasteiger partial charge on any atom is -0.378 e. The number of carbonyl (C=O) groups is 1. The number of halogens is 6. The molecule has 7 nitrogen and oxygen atoms in total. The van der Waals surface area contributed by atoms with Crippen molar-refractivity contribution in [2.24, 2.45) is 0 Å². The van der Waals surface area contributed by atoms with Gasteiger partial charge in [-0.15, -0.1) is 0 Å². The lowest BCUT2D eigenvalue weighted by molar-refractivity contribution is -0.143. The van der Waals surface area contributed by atoms with E-state index in [9.17, 15) is 39.6 Å². The highest BCUT2D eigenvalue weighted by Gasteiger charge is 2.38. The first-order valence-electron chi connectivity index (χ1n) is 8.20. The van der Waals surface area contributed by atoms with Crippen LogP contribution in [0.4, 0.5) is 31.1 Å². The lowest BCUT2D eigenvalue weighted by Crippen LogP contribution is -2.47. The summed E-state index contributed by atoms with van der Waals surface area (Å²) in [6, 6.07) is -0.430. The second kappa shape index (κ2) is 8.75. The smallest absolute Gasteiger partial charge is 0.378 e. The Morgan fingerprint density at radius 2 is 1.48 bits per heavy atom. The van der Waals surface area contributed by atoms with Crippen LogP contribution in [-0.2, 0) is 27.1 Å². The Morgan fingerprint density at radius 3 is 1.97 bits per heavy atom. The molecule has 1 aromatic carbocycles. The van der Waals surface area contributed by atoms with Gasteiger partial charge in [0.15, 0.2) is 0 Å². The van der Waals surface area contributed by atoms with Crippen LogP contribution in [0.2, 0.25) is 0 Å². The average Bonchev–Trinajstić information content (AvgIpc) is 2.64. The van der Waals surface area contributed by atoms with Crippen LogP contribution in [0.3, 0.4) is 0 Å². The van der Waals surface area contributed by atoms with Crippen molar-refractivity contribution >= 4 is 16.1 Å². The highest BCUT2D eigenvalue weighted by Crippen LogP contribution is 2.37. The van der Waals surface area contributed by atoms with Crippen molar-refractivity contribution in [1.82, 2.24) is 14.9 Å². The Bertz CT molecular complexity index is 803. The van der Waals surface area contributed by atoms with E-state index in [1.807, 2.05) is 4.72 Å². The van der Waals surface area contributed by atoms with Crippen LogP contribution >= 0.6 is 0 Å². The maximum absolute atomic E-state index is 12.9. The van der Waals surface area contributed by atoms with Crippen LogP contribution in [0.25, 0.3) is 0 Å². The van der Waals surface area contributed by atoms with Gasteiger partial charge >= 0.3 is 18.4 Å². The Kier molecular flexibility index (Phi) is 7.01. The molecule has 1 aromatic rings. The number of rotatable bonds is 5. The molecule has 0 spiro atoms. The first kappa shape index (κ1) is 23.2. The number of nitrogens with zero attached hydrogens (tertiary/aromatic N) is 1. The molecular formula is C15H17F6N3O4S. The van der Waals surface area contributed by atoms with Gasteiger partial charge in [-0.1, -0.05) is 0 Å². The van der Waals surface area contributed by atoms with Crippen molar-refractivity contribution < 1.29 is 44.3 Å². The number of benzene rings is 1. The van der Waals surface area contributed by atoms with Crippen LogP contribution in [0.15, 0.2) is 23.1 Å². The number of urea groups is 1. The van der Waals surface area contributed by atoms with E-state index >= 15 is 0 Å². The minimum absolute atomic E-state index is 0.115. The average molecular weight is 449 g/mol. The lowest BCUT2D eigenvalue weighted by Gasteiger charge is -2.26. The number of sulfonamides is 1. The quantitative estimate of drug-likeness (QED) is 0.532. The van der Waals surface area contributed by atoms with Crippen LogP contribution in [0, 0.1) is 0 Å². The van der Waals surface area contributed by atoms with Crippen molar-refractivity contribution in [2.45, 2.75) is 17.2 Å². The molecule has 2 rings (SSSR count). The van der Waals surface area contributed by atoms with Gasteiger partial charge in [-0.05, 0) is 18.2 Å². The van der Waals surface area contributed by atoms with Gasteiger partial charge in [0, 0.05) is 26.2 Å². The lowest BCUT2D eigenvalue weighted by atomic mass is 10.1. The molecule has 2 N–H and O–H groups in total. The maximum Gasteiger partial charge on any atom is 0.416 e. The minimum atomic E-state index is -5.17. The van der Waals surface area contributed by atoms with Crippen molar-refractivity contribution in [3.63, 3.8) is 0 Å². The molecule has 1 fully saturated rings. The van der Waals surface area contributed by atoms with Crippen LogP contribution in [0.5, 0.6) is 0 Å². The zero-order chi connectivity index (χ0) is 21.9. The standard InChI is InChI=1S/C15H17F6N3O4S/c16-14(17,18)10-7-11(15(19,20)21)9-12(8-10)29(26,27)23-2-1-22-13(25)24-3-5-28-6-4-24/h7-9,23H,1-6H2,(H,22,25). The van der Waals surface area contributed by atoms with Crippen molar-refractivity contribution in [3.8, 4) is 0 Å². The summed E-state index contributed by atoms with van der Waals surface area (Å²) in [5.74, 6) is 0. The summed E-state index contributed by atoms with van der Waals surface area (Å²) in [6.07, 6.45) is -10.3. The molecule has 164 valence electrons. The van der Waals surface area contributed by atoms with Gasteiger partial charge in [0.2, 0.25) is 10.0 Å². The molecule has 1 heterocycles. The molecule has 14 heteroatoms. The summed E-state index contributed by atoms with van der Waals surface area (Å²) in [5, 5.41) is 2.39. The Morgan fingerprint density at radius 1 is 0.966 bits per heavy atom. The number of hydrogen-bond acceptors (Lipinski definition) is 4. The van der Waals surface area contributed by atoms with E-state index in [0.717, 1.165) is 0 Å². The molecule has 2 amide bonds. The second-order valence-corrected chi connectivity index (χ2v) is 7.74. The van der Waals surface area contributed by atoms with Gasteiger partial charge in [0.05, 0.1) is 29.2 Å². The van der Waals surface area contributed by atoms with E-state index in [-0.39, 0.29) is 24.7 Å². The predicted octanol–water partition coefficient (Wildman–Crippen LogP) is 2.04. The number of morpholine rings is 1. The van der Waals surface area contributed by atoms with Crippen molar-refractivity contribution in [3.05, 3.63) is 29.3 Å². The summed E-state index contributed by atoms with van der Waals surface area (Å²) < 4.78 is 108. The Hall–Kier alpha value is -2.06. The zero-order valence-corrected chi connectivity index (χ0v) is 15.5. The molecule has 0 bridgehead atoms. The number of hydrogen-bond donors (Lipinski definition) is 2. The number of nitrogens with one attached hydrogen (secondary N) is 2. The Balaban J connectivity index is 2.07. The first-order valence-corrected chi connectivity index (χ1v) is 9.69. The molecule has 1 aliphatic rings. The van der Waals surface area contributed by atoms with Gasteiger partial charge in [-0.3, -0.25) is 0 Å². The summed E-state index contributed by atoms with van der Waals surface area (Å²) >= 11 is 0. The monoisotopic (exact) mass is 449 g/mol. The molecule has 1 aliphatic heterocycles. The molecule has 0 aromatic heterocycles. The van der Waals surface area contributed by atoms with Gasteiger partial charge in [-0.2, -0.15) is 26.3 Å². The topological polar surface area (TPSA) is 87.7 Å². The fourth-order valence-corrected chi connectivity index (χ4v) is 3.50. The van der Waals surface area contributed by atoms with Crippen molar-refractivity contribution in [2.75, 3.05) is 39.4 Å². The fourth-order valence-electron chi connectivity index (χ4n) is 2.40. The number of carbonyl (C=O) groups excluding carboxylic acids is 1. The normalized spacial score (nSPS) is 16.0. The third kappa shape index (κ3) is 6.47. The third-order valence-corrected chi connectivity index (χ3v) is 5.30. The van der Waals surface area contributed by atoms with E-state index in [1.54, 1.807) is 0 Å². The van der Waals surface area contributed by atoms with Crippen LogP contribution in [0.1, 0.15) is 11.1 Å². The Labute approximate surface area is 162 Å². The highest BCUT2D eigenvalue weighted by atomic mass is 32.2. The number of ether oxygens (including phenoxy) is 1. The number of alkyl halides is 6. The SMILES string of the molecule is O=C(NCCNS(=O)(=O)c1cc(C(F)(F)F)cc(C(F)(F)F)c1)N1CCOCC1. The molecule has 1 saturated heterocycles. The predicted molar refractivity (Wildman–Crippen MR) is 87.4 cm³/mol. The molecule has 0 saturated carbocycles. The van der Waals surface area contributed by atoms with E-state index in [4.69, 9.17) is 4.74 Å². The summed E-state index contributed by atoms with van der Waals surface area (Å²) in [4.78, 5) is 12.1. The molecule has 0 unspecified atom stereocenters. The van der Waals surface area contributed by atoms with Gasteiger partial charge in [-0.25, -0.2) is 17.9 Å². The largest absolute Gasteiger partial charge is 0.416 e. The number of amides is 2. The highest BCUT2D eigenvalue weighted by molar-refractivity contribution is 7.89. The van der Waals surface area contributed by atoms with Crippen LogP contribution in [-0.4, -0.2) is 58.7 Å². The van der Waals surface area contributed by atoms with Gasteiger partial charge in [0.25, 0.3) is 0 Å². The van der Waals surface area contributed by atoms with E-state index in [0.29, 0.717) is 26.3 Å².